The van der Waals surface area contributed by atoms with Crippen LogP contribution in [0.4, 0.5) is 0 Å². The zero-order valence-corrected chi connectivity index (χ0v) is 13.3. The predicted octanol–water partition coefficient (Wildman–Crippen LogP) is 2.77. The van der Waals surface area contributed by atoms with E-state index in [2.05, 4.69) is 5.32 Å². The van der Waals surface area contributed by atoms with Crippen molar-refractivity contribution in [2.75, 3.05) is 5.75 Å². The van der Waals surface area contributed by atoms with Gasteiger partial charge in [-0.3, -0.25) is 9.59 Å². The first-order valence-electron chi connectivity index (χ1n) is 6.69. The Bertz CT molecular complexity index is 487. The van der Waals surface area contributed by atoms with Crippen molar-refractivity contribution in [2.24, 2.45) is 5.92 Å². The standard InChI is InChI=1S/C14H19NO3S2/c1-8(2)10(6-13(16)17)15-14(18)12-5-9-7-19-4-3-11(9)20-12/h5,8,10H,3-4,6-7H2,1-2H3,(H,15,18)(H,16,17). The van der Waals surface area contributed by atoms with Crippen LogP contribution in [0.25, 0.3) is 0 Å². The summed E-state index contributed by atoms with van der Waals surface area (Å²) in [6.07, 6.45) is 0.991. The molecule has 20 heavy (non-hydrogen) atoms. The van der Waals surface area contributed by atoms with Crippen LogP contribution in [-0.4, -0.2) is 28.8 Å². The average Bonchev–Trinajstić information content (AvgIpc) is 2.81. The Morgan fingerprint density at radius 1 is 1.45 bits per heavy atom. The molecule has 2 rings (SSSR count). The third kappa shape index (κ3) is 3.76. The van der Waals surface area contributed by atoms with Gasteiger partial charge in [0.2, 0.25) is 0 Å². The Morgan fingerprint density at radius 2 is 2.20 bits per heavy atom. The Kier molecular flexibility index (Phi) is 5.10. The number of amides is 1. The lowest BCUT2D eigenvalue weighted by Gasteiger charge is -2.20. The number of hydrogen-bond acceptors (Lipinski definition) is 4. The van der Waals surface area contributed by atoms with Crippen LogP contribution >= 0.6 is 23.1 Å². The molecule has 0 spiro atoms. The summed E-state index contributed by atoms with van der Waals surface area (Å²) in [6, 6.07) is 1.63. The lowest BCUT2D eigenvalue weighted by atomic mass is 10.0. The molecule has 1 aromatic heterocycles. The Morgan fingerprint density at radius 3 is 2.80 bits per heavy atom. The molecule has 0 fully saturated rings. The van der Waals surface area contributed by atoms with E-state index < -0.39 is 5.97 Å². The van der Waals surface area contributed by atoms with Gasteiger partial charge in [0.1, 0.15) is 0 Å². The van der Waals surface area contributed by atoms with Crippen molar-refractivity contribution in [3.05, 3.63) is 21.4 Å². The molecule has 4 nitrogen and oxygen atoms in total. The molecule has 1 atom stereocenters. The first kappa shape index (κ1) is 15.4. The summed E-state index contributed by atoms with van der Waals surface area (Å²) in [7, 11) is 0. The van der Waals surface area contributed by atoms with E-state index in [-0.39, 0.29) is 24.3 Å². The van der Waals surface area contributed by atoms with Gasteiger partial charge in [-0.25, -0.2) is 0 Å². The first-order valence-corrected chi connectivity index (χ1v) is 8.66. The summed E-state index contributed by atoms with van der Waals surface area (Å²) in [4.78, 5) is 25.1. The van der Waals surface area contributed by atoms with Crippen molar-refractivity contribution in [3.63, 3.8) is 0 Å². The normalized spacial score (nSPS) is 15.8. The average molecular weight is 313 g/mol. The van der Waals surface area contributed by atoms with Gasteiger partial charge >= 0.3 is 5.97 Å². The van der Waals surface area contributed by atoms with Gasteiger partial charge in [0.15, 0.2) is 0 Å². The van der Waals surface area contributed by atoms with E-state index in [1.807, 2.05) is 31.7 Å². The number of carboxylic acid groups (broad SMARTS) is 1. The molecule has 0 aliphatic carbocycles. The molecule has 0 saturated heterocycles. The highest BCUT2D eigenvalue weighted by atomic mass is 32.2. The largest absolute Gasteiger partial charge is 0.481 e. The fraction of sp³-hybridized carbons (Fsp3) is 0.571. The summed E-state index contributed by atoms with van der Waals surface area (Å²) < 4.78 is 0. The molecular formula is C14H19NO3S2. The van der Waals surface area contributed by atoms with Gasteiger partial charge in [-0.05, 0) is 29.7 Å². The molecule has 1 amide bonds. The van der Waals surface area contributed by atoms with Gasteiger partial charge < -0.3 is 10.4 Å². The second-order valence-electron chi connectivity index (χ2n) is 5.28. The Balaban J connectivity index is 2.06. The fourth-order valence-corrected chi connectivity index (χ4v) is 4.42. The molecular weight excluding hydrogens is 294 g/mol. The molecule has 1 aliphatic rings. The van der Waals surface area contributed by atoms with Crippen LogP contribution < -0.4 is 5.32 Å². The van der Waals surface area contributed by atoms with E-state index in [0.717, 1.165) is 17.9 Å². The SMILES string of the molecule is CC(C)C(CC(=O)O)NC(=O)c1cc2c(s1)CCSC2. The zero-order chi connectivity index (χ0) is 14.7. The molecule has 0 aromatic carbocycles. The number of hydrogen-bond donors (Lipinski definition) is 2. The van der Waals surface area contributed by atoms with Gasteiger partial charge in [0.25, 0.3) is 5.91 Å². The van der Waals surface area contributed by atoms with Gasteiger partial charge in [-0.1, -0.05) is 13.8 Å². The number of carboxylic acids is 1. The number of fused-ring (bicyclic) bond motifs is 1. The third-order valence-corrected chi connectivity index (χ3v) is 5.61. The number of nitrogens with one attached hydrogen (secondary N) is 1. The second-order valence-corrected chi connectivity index (χ2v) is 7.53. The highest BCUT2D eigenvalue weighted by molar-refractivity contribution is 7.98. The highest BCUT2D eigenvalue weighted by Gasteiger charge is 2.22. The number of thioether (sulfide) groups is 1. The van der Waals surface area contributed by atoms with Crippen LogP contribution in [0.3, 0.4) is 0 Å². The summed E-state index contributed by atoms with van der Waals surface area (Å²) in [6.45, 7) is 3.84. The number of carbonyl (C=O) groups excluding carboxylic acids is 1. The number of aryl methyl sites for hydroxylation is 1. The van der Waals surface area contributed by atoms with Crippen molar-refractivity contribution in [1.29, 1.82) is 0 Å². The minimum absolute atomic E-state index is 0.0374. The molecule has 0 radical (unpaired) electrons. The minimum Gasteiger partial charge on any atom is -0.481 e. The van der Waals surface area contributed by atoms with E-state index in [1.54, 1.807) is 11.3 Å². The molecule has 0 saturated carbocycles. The van der Waals surface area contributed by atoms with Gasteiger partial charge in [0.05, 0.1) is 11.3 Å². The van der Waals surface area contributed by atoms with E-state index in [1.165, 1.54) is 10.4 Å². The molecule has 2 N–H and O–H groups in total. The topological polar surface area (TPSA) is 66.4 Å². The van der Waals surface area contributed by atoms with Crippen LogP contribution in [0.15, 0.2) is 6.07 Å². The molecule has 1 aliphatic heterocycles. The molecule has 1 unspecified atom stereocenters. The third-order valence-electron chi connectivity index (χ3n) is 3.37. The Labute approximate surface area is 127 Å². The van der Waals surface area contributed by atoms with Crippen LogP contribution in [0.2, 0.25) is 0 Å². The molecule has 2 heterocycles. The van der Waals surface area contributed by atoms with Crippen LogP contribution in [0.5, 0.6) is 0 Å². The van der Waals surface area contributed by atoms with Crippen LogP contribution in [0, 0.1) is 5.92 Å². The van der Waals surface area contributed by atoms with Gasteiger partial charge in [-0.2, -0.15) is 11.8 Å². The minimum atomic E-state index is -0.883. The van der Waals surface area contributed by atoms with Crippen molar-refractivity contribution in [1.82, 2.24) is 5.32 Å². The first-order chi connectivity index (χ1) is 9.47. The number of aliphatic carboxylic acids is 1. The molecule has 1 aromatic rings. The maximum absolute atomic E-state index is 12.3. The van der Waals surface area contributed by atoms with Crippen molar-refractivity contribution < 1.29 is 14.7 Å². The second kappa shape index (κ2) is 6.63. The van der Waals surface area contributed by atoms with Crippen LogP contribution in [-0.2, 0) is 17.0 Å². The predicted molar refractivity (Wildman–Crippen MR) is 82.5 cm³/mol. The van der Waals surface area contributed by atoms with Crippen molar-refractivity contribution in [2.45, 2.75) is 38.5 Å². The number of carbonyl (C=O) groups is 2. The van der Waals surface area contributed by atoms with Gasteiger partial charge in [0, 0.05) is 16.7 Å². The van der Waals surface area contributed by atoms with Crippen molar-refractivity contribution >= 4 is 35.0 Å². The molecule has 110 valence electrons. The van der Waals surface area contributed by atoms with E-state index in [4.69, 9.17) is 5.11 Å². The molecule has 0 bridgehead atoms. The van der Waals surface area contributed by atoms with E-state index >= 15 is 0 Å². The van der Waals surface area contributed by atoms with Crippen molar-refractivity contribution in [3.8, 4) is 0 Å². The summed E-state index contributed by atoms with van der Waals surface area (Å²) >= 11 is 3.43. The summed E-state index contributed by atoms with van der Waals surface area (Å²) in [5, 5.41) is 11.8. The molecule has 6 heteroatoms. The highest BCUT2D eigenvalue weighted by Crippen LogP contribution is 2.31. The maximum Gasteiger partial charge on any atom is 0.305 e. The maximum atomic E-state index is 12.3. The number of rotatable bonds is 5. The quantitative estimate of drug-likeness (QED) is 0.877. The van der Waals surface area contributed by atoms with Gasteiger partial charge in [-0.15, -0.1) is 11.3 Å². The monoisotopic (exact) mass is 313 g/mol. The van der Waals surface area contributed by atoms with E-state index in [9.17, 15) is 9.59 Å². The Hall–Kier alpha value is -1.01. The van der Waals surface area contributed by atoms with E-state index in [0.29, 0.717) is 4.88 Å². The summed E-state index contributed by atoms with van der Waals surface area (Å²) in [5.41, 5.74) is 1.26. The fourth-order valence-electron chi connectivity index (χ4n) is 2.14. The van der Waals surface area contributed by atoms with Crippen LogP contribution in [0.1, 0.15) is 40.4 Å². The summed E-state index contributed by atoms with van der Waals surface area (Å²) in [5.74, 6) is 1.16. The number of thiophene rings is 1. The lowest BCUT2D eigenvalue weighted by molar-refractivity contribution is -0.137. The lowest BCUT2D eigenvalue weighted by Crippen LogP contribution is -2.39. The zero-order valence-electron chi connectivity index (χ0n) is 11.6. The smallest absolute Gasteiger partial charge is 0.305 e.